The van der Waals surface area contributed by atoms with Gasteiger partial charge in [0.2, 0.25) is 5.91 Å². The van der Waals surface area contributed by atoms with Crippen molar-refractivity contribution in [3.8, 4) is 0 Å². The molecule has 0 saturated heterocycles. The van der Waals surface area contributed by atoms with Gasteiger partial charge >= 0.3 is 6.09 Å². The number of nitrogens with one attached hydrogen (secondary N) is 2. The minimum Gasteiger partial charge on any atom is -0.444 e. The van der Waals surface area contributed by atoms with Gasteiger partial charge in [-0.2, -0.15) is 8.42 Å². The van der Waals surface area contributed by atoms with E-state index in [1.54, 1.807) is 34.6 Å². The molecule has 0 saturated carbocycles. The van der Waals surface area contributed by atoms with E-state index < -0.39 is 27.4 Å². The molecule has 0 aromatic rings. The van der Waals surface area contributed by atoms with Gasteiger partial charge in [0.25, 0.3) is 10.1 Å². The van der Waals surface area contributed by atoms with E-state index in [0.717, 1.165) is 0 Å². The zero-order chi connectivity index (χ0) is 18.3. The summed E-state index contributed by atoms with van der Waals surface area (Å²) in [5.41, 5.74) is -1.55. The maximum Gasteiger partial charge on any atom is 0.408 e. The van der Waals surface area contributed by atoms with Gasteiger partial charge < -0.3 is 15.4 Å². The summed E-state index contributed by atoms with van der Waals surface area (Å²) in [6, 6.07) is 0. The summed E-state index contributed by atoms with van der Waals surface area (Å²) >= 11 is 0. The second-order valence-electron chi connectivity index (χ2n) is 6.87. The average Bonchev–Trinajstić information content (AvgIpc) is 2.29. The van der Waals surface area contributed by atoms with Crippen molar-refractivity contribution in [3.63, 3.8) is 0 Å². The van der Waals surface area contributed by atoms with Crippen LogP contribution in [0.1, 0.15) is 48.0 Å². The quantitative estimate of drug-likeness (QED) is 0.501. The van der Waals surface area contributed by atoms with Crippen LogP contribution in [0.2, 0.25) is 0 Å². The van der Waals surface area contributed by atoms with Crippen molar-refractivity contribution in [2.24, 2.45) is 0 Å². The molecule has 0 spiro atoms. The van der Waals surface area contributed by atoms with E-state index in [-0.39, 0.29) is 31.2 Å². The van der Waals surface area contributed by atoms with Crippen LogP contribution >= 0.6 is 0 Å². The van der Waals surface area contributed by atoms with Gasteiger partial charge in [0.1, 0.15) is 5.60 Å². The molecule has 0 aromatic carbocycles. The van der Waals surface area contributed by atoms with Crippen LogP contribution in [0.15, 0.2) is 0 Å². The number of ether oxygens (including phenoxy) is 1. The molecule has 23 heavy (non-hydrogen) atoms. The molecular formula is C14H28N2O6S. The van der Waals surface area contributed by atoms with Crippen molar-refractivity contribution in [1.29, 1.82) is 0 Å². The highest BCUT2D eigenvalue weighted by atomic mass is 32.2. The van der Waals surface area contributed by atoms with Crippen molar-refractivity contribution < 1.29 is 26.9 Å². The zero-order valence-corrected chi connectivity index (χ0v) is 15.5. The Morgan fingerprint density at radius 3 is 2.13 bits per heavy atom. The molecule has 0 radical (unpaired) electrons. The summed E-state index contributed by atoms with van der Waals surface area (Å²) < 4.78 is 33.5. The first-order valence-electron chi connectivity index (χ1n) is 7.35. The number of alkyl carbamates (subject to hydrolysis) is 1. The Labute approximate surface area is 138 Å². The predicted molar refractivity (Wildman–Crippen MR) is 86.5 cm³/mol. The fraction of sp³-hybridized carbons (Fsp3) is 0.857. The van der Waals surface area contributed by atoms with Gasteiger partial charge in [-0.1, -0.05) is 0 Å². The third-order valence-corrected chi connectivity index (χ3v) is 3.65. The molecule has 0 aromatic heterocycles. The van der Waals surface area contributed by atoms with Gasteiger partial charge in [0.15, 0.2) is 0 Å². The molecule has 2 N–H and O–H groups in total. The lowest BCUT2D eigenvalue weighted by Gasteiger charge is -2.28. The van der Waals surface area contributed by atoms with Gasteiger partial charge in [0.05, 0.1) is 17.9 Å². The number of amides is 2. The van der Waals surface area contributed by atoms with Crippen molar-refractivity contribution in [2.75, 3.05) is 18.9 Å². The fourth-order valence-electron chi connectivity index (χ4n) is 1.43. The Hall–Kier alpha value is -1.35. The van der Waals surface area contributed by atoms with Crippen LogP contribution in [-0.4, -0.2) is 50.5 Å². The van der Waals surface area contributed by atoms with Crippen LogP contribution < -0.4 is 10.6 Å². The Balaban J connectivity index is 4.29. The number of hydrogen-bond donors (Lipinski definition) is 2. The minimum atomic E-state index is -3.73. The van der Waals surface area contributed by atoms with Crippen LogP contribution in [0, 0.1) is 0 Å². The number of hydrogen-bond acceptors (Lipinski definition) is 6. The summed E-state index contributed by atoms with van der Waals surface area (Å²) in [6.45, 7) is 9.86. The molecule has 0 rings (SSSR count). The number of carbonyl (C=O) groups is 2. The van der Waals surface area contributed by atoms with E-state index in [4.69, 9.17) is 8.92 Å². The smallest absolute Gasteiger partial charge is 0.408 e. The molecule has 0 bridgehead atoms. The van der Waals surface area contributed by atoms with Crippen molar-refractivity contribution in [2.45, 2.75) is 59.1 Å². The van der Waals surface area contributed by atoms with Crippen LogP contribution in [0.5, 0.6) is 0 Å². The van der Waals surface area contributed by atoms with Crippen LogP contribution in [0.25, 0.3) is 0 Å². The van der Waals surface area contributed by atoms with E-state index in [0.29, 0.717) is 0 Å². The van der Waals surface area contributed by atoms with E-state index in [1.807, 2.05) is 0 Å². The van der Waals surface area contributed by atoms with Crippen molar-refractivity contribution in [1.82, 2.24) is 10.6 Å². The lowest BCUT2D eigenvalue weighted by molar-refractivity contribution is -0.118. The first kappa shape index (κ1) is 21.6. The summed E-state index contributed by atoms with van der Waals surface area (Å²) in [7, 11) is -3.73. The Morgan fingerprint density at radius 1 is 1.09 bits per heavy atom. The van der Waals surface area contributed by atoms with Crippen LogP contribution in [0.3, 0.4) is 0 Å². The first-order valence-corrected chi connectivity index (χ1v) is 8.93. The normalized spacial score (nSPS) is 12.6. The van der Waals surface area contributed by atoms with Gasteiger partial charge in [-0.15, -0.1) is 0 Å². The largest absolute Gasteiger partial charge is 0.444 e. The number of rotatable bonds is 8. The molecule has 0 aliphatic rings. The Morgan fingerprint density at radius 2 is 1.65 bits per heavy atom. The standard InChI is InChI=1S/C14H28N2O6S/c1-11(17)15-8-7-9-23(19,20)21-10-14(5,6)16-12(18)22-13(2,3)4/h7-10H2,1-6H3,(H,15,17)(H,16,18). The lowest BCUT2D eigenvalue weighted by atomic mass is 10.1. The van der Waals surface area contributed by atoms with Gasteiger partial charge in [0, 0.05) is 13.5 Å². The van der Waals surface area contributed by atoms with Gasteiger partial charge in [-0.3, -0.25) is 8.98 Å². The molecule has 0 aliphatic carbocycles. The minimum absolute atomic E-state index is 0.213. The average molecular weight is 352 g/mol. The number of carbonyl (C=O) groups excluding carboxylic acids is 2. The van der Waals surface area contributed by atoms with E-state index in [1.165, 1.54) is 6.92 Å². The second kappa shape index (κ2) is 8.49. The van der Waals surface area contributed by atoms with Crippen LogP contribution in [0.4, 0.5) is 4.79 Å². The van der Waals surface area contributed by atoms with E-state index >= 15 is 0 Å². The highest BCUT2D eigenvalue weighted by Gasteiger charge is 2.27. The van der Waals surface area contributed by atoms with Crippen molar-refractivity contribution >= 4 is 22.1 Å². The Bertz CT molecular complexity index is 508. The monoisotopic (exact) mass is 352 g/mol. The van der Waals surface area contributed by atoms with Crippen LogP contribution in [-0.2, 0) is 23.8 Å². The fourth-order valence-corrected chi connectivity index (χ4v) is 2.52. The summed E-state index contributed by atoms with van der Waals surface area (Å²) in [5, 5.41) is 5.07. The molecule has 9 heteroatoms. The summed E-state index contributed by atoms with van der Waals surface area (Å²) in [6.07, 6.45) is -0.392. The van der Waals surface area contributed by atoms with Gasteiger partial charge in [-0.25, -0.2) is 4.79 Å². The molecule has 0 heterocycles. The maximum absolute atomic E-state index is 11.8. The third kappa shape index (κ3) is 12.8. The first-order chi connectivity index (χ1) is 10.2. The summed E-state index contributed by atoms with van der Waals surface area (Å²) in [5.74, 6) is -0.429. The van der Waals surface area contributed by atoms with Gasteiger partial charge in [-0.05, 0) is 41.0 Å². The highest BCUT2D eigenvalue weighted by Crippen LogP contribution is 2.11. The molecule has 0 atom stereocenters. The highest BCUT2D eigenvalue weighted by molar-refractivity contribution is 7.86. The van der Waals surface area contributed by atoms with E-state index in [9.17, 15) is 18.0 Å². The summed E-state index contributed by atoms with van der Waals surface area (Å²) in [4.78, 5) is 22.4. The molecule has 0 aliphatic heterocycles. The molecule has 2 amide bonds. The third-order valence-electron chi connectivity index (χ3n) is 2.38. The van der Waals surface area contributed by atoms with Crippen molar-refractivity contribution in [3.05, 3.63) is 0 Å². The van der Waals surface area contributed by atoms with E-state index in [2.05, 4.69) is 10.6 Å². The molecule has 0 fully saturated rings. The second-order valence-corrected chi connectivity index (χ2v) is 8.63. The topological polar surface area (TPSA) is 111 Å². The molecule has 0 unspecified atom stereocenters. The maximum atomic E-state index is 11.8. The molecule has 136 valence electrons. The SMILES string of the molecule is CC(=O)NCCCS(=O)(=O)OCC(C)(C)NC(=O)OC(C)(C)C. The molecular weight excluding hydrogens is 324 g/mol. The predicted octanol–water partition coefficient (Wildman–Crippen LogP) is 1.16. The molecule has 8 nitrogen and oxygen atoms in total. The lowest BCUT2D eigenvalue weighted by Crippen LogP contribution is -2.49. The zero-order valence-electron chi connectivity index (χ0n) is 14.7. The Kier molecular flexibility index (Phi) is 7.99.